The first-order valence-electron chi connectivity index (χ1n) is 2.99. The molecule has 58 valence electrons. The molecule has 0 radical (unpaired) electrons. The van der Waals surface area contributed by atoms with Crippen LogP contribution in [0.4, 0.5) is 0 Å². The zero-order chi connectivity index (χ0) is 7.61. The SMILES string of the molecule is NS(=O)(=O)OC1=CCCC1. The summed E-state index contributed by atoms with van der Waals surface area (Å²) >= 11 is 0. The summed E-state index contributed by atoms with van der Waals surface area (Å²) in [5.41, 5.74) is 0. The molecular formula is C5H9NO3S. The molecular weight excluding hydrogens is 154 g/mol. The van der Waals surface area contributed by atoms with Crippen LogP contribution in [0, 0.1) is 0 Å². The molecule has 0 atom stereocenters. The van der Waals surface area contributed by atoms with Gasteiger partial charge in [0.1, 0.15) is 5.76 Å². The van der Waals surface area contributed by atoms with E-state index in [1.54, 1.807) is 6.08 Å². The maximum Gasteiger partial charge on any atom is 0.379 e. The van der Waals surface area contributed by atoms with Crippen LogP contribution in [0.3, 0.4) is 0 Å². The van der Waals surface area contributed by atoms with Crippen molar-refractivity contribution in [3.8, 4) is 0 Å². The van der Waals surface area contributed by atoms with Crippen LogP contribution >= 0.6 is 0 Å². The van der Waals surface area contributed by atoms with Crippen molar-refractivity contribution < 1.29 is 12.6 Å². The molecule has 1 rings (SSSR count). The van der Waals surface area contributed by atoms with Gasteiger partial charge in [-0.15, -0.1) is 0 Å². The summed E-state index contributed by atoms with van der Waals surface area (Å²) < 4.78 is 25.0. The van der Waals surface area contributed by atoms with Crippen LogP contribution in [-0.2, 0) is 14.5 Å². The molecule has 0 aromatic carbocycles. The Balaban J connectivity index is 2.54. The molecule has 0 saturated carbocycles. The summed E-state index contributed by atoms with van der Waals surface area (Å²) in [5, 5.41) is 4.62. The monoisotopic (exact) mass is 163 g/mol. The van der Waals surface area contributed by atoms with E-state index in [9.17, 15) is 8.42 Å². The molecule has 0 amide bonds. The predicted molar refractivity (Wildman–Crippen MR) is 36.1 cm³/mol. The maximum atomic E-state index is 10.3. The Hall–Kier alpha value is -0.550. The largest absolute Gasteiger partial charge is 0.379 e. The van der Waals surface area contributed by atoms with Gasteiger partial charge in [-0.1, -0.05) is 0 Å². The lowest BCUT2D eigenvalue weighted by atomic mass is 10.4. The normalized spacial score (nSPS) is 18.7. The lowest BCUT2D eigenvalue weighted by Crippen LogP contribution is -2.14. The highest BCUT2D eigenvalue weighted by atomic mass is 32.2. The Bertz CT molecular complexity index is 242. The minimum Gasteiger partial charge on any atom is -0.376 e. The van der Waals surface area contributed by atoms with Gasteiger partial charge in [0.2, 0.25) is 0 Å². The lowest BCUT2D eigenvalue weighted by Gasteiger charge is -2.00. The molecule has 0 heterocycles. The second-order valence-electron chi connectivity index (χ2n) is 2.14. The van der Waals surface area contributed by atoms with E-state index in [4.69, 9.17) is 0 Å². The minimum atomic E-state index is -3.78. The number of hydrogen-bond donors (Lipinski definition) is 1. The first-order chi connectivity index (χ1) is 4.58. The van der Waals surface area contributed by atoms with Gasteiger partial charge in [-0.2, -0.15) is 13.6 Å². The van der Waals surface area contributed by atoms with Crippen molar-refractivity contribution >= 4 is 10.3 Å². The first kappa shape index (κ1) is 7.56. The molecule has 10 heavy (non-hydrogen) atoms. The topological polar surface area (TPSA) is 69.4 Å². The molecule has 1 aliphatic rings. The third kappa shape index (κ3) is 2.36. The van der Waals surface area contributed by atoms with Crippen LogP contribution in [0.15, 0.2) is 11.8 Å². The Morgan fingerprint density at radius 3 is 2.70 bits per heavy atom. The molecule has 4 nitrogen and oxygen atoms in total. The van der Waals surface area contributed by atoms with Crippen LogP contribution in [-0.4, -0.2) is 8.42 Å². The highest BCUT2D eigenvalue weighted by Gasteiger charge is 2.10. The Morgan fingerprint density at radius 2 is 2.30 bits per heavy atom. The molecule has 0 bridgehead atoms. The van der Waals surface area contributed by atoms with Crippen molar-refractivity contribution in [3.05, 3.63) is 11.8 Å². The van der Waals surface area contributed by atoms with Crippen molar-refractivity contribution in [2.75, 3.05) is 0 Å². The summed E-state index contributed by atoms with van der Waals surface area (Å²) in [5.74, 6) is 0.475. The fraction of sp³-hybridized carbons (Fsp3) is 0.600. The molecule has 0 aromatic rings. The molecule has 0 saturated heterocycles. The van der Waals surface area contributed by atoms with Gasteiger partial charge < -0.3 is 4.18 Å². The van der Waals surface area contributed by atoms with E-state index in [1.807, 2.05) is 0 Å². The number of rotatable bonds is 2. The maximum absolute atomic E-state index is 10.3. The third-order valence-electron chi connectivity index (χ3n) is 1.22. The highest BCUT2D eigenvalue weighted by molar-refractivity contribution is 7.84. The summed E-state index contributed by atoms with van der Waals surface area (Å²) in [7, 11) is -3.78. The Kier molecular flexibility index (Phi) is 1.96. The van der Waals surface area contributed by atoms with Gasteiger partial charge in [0, 0.05) is 6.42 Å². The van der Waals surface area contributed by atoms with Crippen LogP contribution in [0.25, 0.3) is 0 Å². The van der Waals surface area contributed by atoms with Gasteiger partial charge in [0.25, 0.3) is 0 Å². The molecule has 0 unspecified atom stereocenters. The van der Waals surface area contributed by atoms with E-state index in [1.165, 1.54) is 0 Å². The summed E-state index contributed by atoms with van der Waals surface area (Å²) in [6, 6.07) is 0. The standard InChI is InChI=1S/C5H9NO3S/c6-10(7,8)9-5-3-1-2-4-5/h3H,1-2,4H2,(H2,6,7,8). The molecule has 0 fully saturated rings. The smallest absolute Gasteiger partial charge is 0.376 e. The van der Waals surface area contributed by atoms with Crippen LogP contribution in [0.1, 0.15) is 19.3 Å². The molecule has 0 aliphatic heterocycles. The zero-order valence-electron chi connectivity index (χ0n) is 5.41. The summed E-state index contributed by atoms with van der Waals surface area (Å²) in [4.78, 5) is 0. The van der Waals surface area contributed by atoms with Gasteiger partial charge in [0.05, 0.1) is 0 Å². The van der Waals surface area contributed by atoms with Gasteiger partial charge >= 0.3 is 10.3 Å². The average Bonchev–Trinajstić information content (AvgIpc) is 2.12. The van der Waals surface area contributed by atoms with E-state index in [0.29, 0.717) is 12.2 Å². The van der Waals surface area contributed by atoms with Crippen LogP contribution in [0.2, 0.25) is 0 Å². The fourth-order valence-corrected chi connectivity index (χ4v) is 1.32. The lowest BCUT2D eigenvalue weighted by molar-refractivity contribution is 0.397. The highest BCUT2D eigenvalue weighted by Crippen LogP contribution is 2.19. The second-order valence-corrected chi connectivity index (χ2v) is 3.29. The zero-order valence-corrected chi connectivity index (χ0v) is 6.23. The third-order valence-corrected chi connectivity index (χ3v) is 1.67. The van der Waals surface area contributed by atoms with Crippen LogP contribution in [0.5, 0.6) is 0 Å². The number of allylic oxidation sites excluding steroid dienone is 2. The van der Waals surface area contributed by atoms with E-state index >= 15 is 0 Å². The van der Waals surface area contributed by atoms with Crippen molar-refractivity contribution in [2.24, 2.45) is 5.14 Å². The van der Waals surface area contributed by atoms with Gasteiger partial charge in [0.15, 0.2) is 0 Å². The van der Waals surface area contributed by atoms with E-state index < -0.39 is 10.3 Å². The predicted octanol–water partition coefficient (Wildman–Crippen LogP) is 0.274. The number of hydrogen-bond acceptors (Lipinski definition) is 3. The number of nitrogens with two attached hydrogens (primary N) is 1. The van der Waals surface area contributed by atoms with Crippen molar-refractivity contribution in [3.63, 3.8) is 0 Å². The molecule has 0 spiro atoms. The van der Waals surface area contributed by atoms with Gasteiger partial charge in [-0.3, -0.25) is 0 Å². The van der Waals surface area contributed by atoms with E-state index in [-0.39, 0.29) is 0 Å². The summed E-state index contributed by atoms with van der Waals surface area (Å²) in [6.07, 6.45) is 4.25. The average molecular weight is 163 g/mol. The molecule has 2 N–H and O–H groups in total. The van der Waals surface area contributed by atoms with Crippen LogP contribution < -0.4 is 5.14 Å². The van der Waals surface area contributed by atoms with Crippen molar-refractivity contribution in [2.45, 2.75) is 19.3 Å². The van der Waals surface area contributed by atoms with E-state index in [0.717, 1.165) is 12.8 Å². The van der Waals surface area contributed by atoms with Gasteiger partial charge in [-0.05, 0) is 18.9 Å². The quantitative estimate of drug-likeness (QED) is 0.635. The molecule has 5 heteroatoms. The van der Waals surface area contributed by atoms with Crippen molar-refractivity contribution in [1.29, 1.82) is 0 Å². The minimum absolute atomic E-state index is 0.475. The summed E-state index contributed by atoms with van der Waals surface area (Å²) in [6.45, 7) is 0. The Labute approximate surface area is 59.9 Å². The van der Waals surface area contributed by atoms with Gasteiger partial charge in [-0.25, -0.2) is 0 Å². The van der Waals surface area contributed by atoms with E-state index in [2.05, 4.69) is 9.32 Å². The second kappa shape index (κ2) is 2.59. The molecule has 1 aliphatic carbocycles. The molecule has 0 aromatic heterocycles. The van der Waals surface area contributed by atoms with Crippen molar-refractivity contribution in [1.82, 2.24) is 0 Å². The first-order valence-corrected chi connectivity index (χ1v) is 4.46. The Morgan fingerprint density at radius 1 is 1.60 bits per heavy atom. The fourth-order valence-electron chi connectivity index (χ4n) is 0.866.